The molecule has 5 heteroatoms. The van der Waals surface area contributed by atoms with Gasteiger partial charge in [0.05, 0.1) is 6.61 Å². The fourth-order valence-corrected chi connectivity index (χ4v) is 4.40. The third-order valence-electron chi connectivity index (χ3n) is 6.83. The summed E-state index contributed by atoms with van der Waals surface area (Å²) in [7, 11) is 0. The molecule has 1 aromatic heterocycles. The molecule has 204 valence electrons. The van der Waals surface area contributed by atoms with E-state index in [0.717, 1.165) is 54.2 Å². The molecule has 0 amide bonds. The summed E-state index contributed by atoms with van der Waals surface area (Å²) in [6.07, 6.45) is 15.8. The van der Waals surface area contributed by atoms with Crippen molar-refractivity contribution < 1.29 is 14.3 Å². The third-order valence-corrected chi connectivity index (χ3v) is 6.83. The maximum absolute atomic E-state index is 12.2. The number of hydrogen-bond donors (Lipinski definition) is 0. The molecule has 2 aromatic carbocycles. The second kappa shape index (κ2) is 16.6. The fraction of sp³-hybridized carbons (Fsp3) is 0.485. The van der Waals surface area contributed by atoms with Crippen molar-refractivity contribution in [2.75, 3.05) is 6.61 Å². The van der Waals surface area contributed by atoms with Crippen molar-refractivity contribution in [2.45, 2.75) is 91.4 Å². The van der Waals surface area contributed by atoms with Crippen LogP contribution >= 0.6 is 0 Å². The Labute approximate surface area is 229 Å². The summed E-state index contributed by atoms with van der Waals surface area (Å²) < 4.78 is 11.4. The van der Waals surface area contributed by atoms with E-state index >= 15 is 0 Å². The molecule has 1 unspecified atom stereocenters. The van der Waals surface area contributed by atoms with Crippen molar-refractivity contribution in [3.63, 3.8) is 0 Å². The predicted molar refractivity (Wildman–Crippen MR) is 155 cm³/mol. The largest absolute Gasteiger partial charge is 0.494 e. The van der Waals surface area contributed by atoms with Crippen LogP contribution in [0.1, 0.15) is 91.4 Å². The quantitative estimate of drug-likeness (QED) is 0.102. The normalized spacial score (nSPS) is 11.8. The minimum atomic E-state index is -0.167. The predicted octanol–water partition coefficient (Wildman–Crippen LogP) is 9.06. The highest BCUT2D eigenvalue weighted by molar-refractivity contribution is 5.73. The van der Waals surface area contributed by atoms with Gasteiger partial charge in [-0.2, -0.15) is 0 Å². The Balaban J connectivity index is 1.44. The summed E-state index contributed by atoms with van der Waals surface area (Å²) in [5, 5.41) is 0. The highest BCUT2D eigenvalue weighted by atomic mass is 16.5. The Kier molecular flexibility index (Phi) is 12.8. The van der Waals surface area contributed by atoms with E-state index in [1.165, 1.54) is 44.9 Å². The Morgan fingerprint density at radius 1 is 0.711 bits per heavy atom. The van der Waals surface area contributed by atoms with E-state index in [1.807, 2.05) is 60.9 Å². The van der Waals surface area contributed by atoms with Crippen molar-refractivity contribution in [3.8, 4) is 34.0 Å². The van der Waals surface area contributed by atoms with E-state index in [0.29, 0.717) is 18.0 Å². The van der Waals surface area contributed by atoms with Gasteiger partial charge in [-0.1, -0.05) is 84.3 Å². The highest BCUT2D eigenvalue weighted by Crippen LogP contribution is 2.25. The van der Waals surface area contributed by atoms with Gasteiger partial charge in [0.25, 0.3) is 0 Å². The molecule has 0 aliphatic rings. The highest BCUT2D eigenvalue weighted by Gasteiger charge is 2.08. The van der Waals surface area contributed by atoms with E-state index in [4.69, 9.17) is 9.47 Å². The third kappa shape index (κ3) is 10.3. The average molecular weight is 517 g/mol. The van der Waals surface area contributed by atoms with Crippen LogP contribution in [0.3, 0.4) is 0 Å². The lowest BCUT2D eigenvalue weighted by Crippen LogP contribution is -2.07. The molecule has 0 fully saturated rings. The van der Waals surface area contributed by atoms with Crippen LogP contribution in [0.2, 0.25) is 0 Å². The zero-order chi connectivity index (χ0) is 27.0. The molecule has 0 bridgehead atoms. The number of benzene rings is 2. The summed E-state index contributed by atoms with van der Waals surface area (Å²) in [4.78, 5) is 21.3. The molecule has 3 aromatic rings. The van der Waals surface area contributed by atoms with Gasteiger partial charge in [-0.25, -0.2) is 9.97 Å². The molecular weight excluding hydrogens is 472 g/mol. The van der Waals surface area contributed by atoms with Gasteiger partial charge < -0.3 is 9.47 Å². The summed E-state index contributed by atoms with van der Waals surface area (Å²) in [6.45, 7) is 7.49. The fourth-order valence-electron chi connectivity index (χ4n) is 4.40. The Bertz CT molecular complexity index is 1060. The first kappa shape index (κ1) is 29.3. The number of hydrogen-bond acceptors (Lipinski definition) is 5. The van der Waals surface area contributed by atoms with Crippen molar-refractivity contribution >= 4 is 5.97 Å². The Morgan fingerprint density at radius 3 is 2.03 bits per heavy atom. The lowest BCUT2D eigenvalue weighted by atomic mass is 9.97. The molecule has 0 saturated heterocycles. The van der Waals surface area contributed by atoms with E-state index in [9.17, 15) is 4.79 Å². The molecule has 5 nitrogen and oxygen atoms in total. The smallest absolute Gasteiger partial charge is 0.311 e. The molecule has 0 spiro atoms. The zero-order valence-electron chi connectivity index (χ0n) is 23.5. The number of aromatic nitrogens is 2. The van der Waals surface area contributed by atoms with Gasteiger partial charge in [0.2, 0.25) is 0 Å². The van der Waals surface area contributed by atoms with Crippen molar-refractivity contribution in [1.29, 1.82) is 0 Å². The van der Waals surface area contributed by atoms with Crippen molar-refractivity contribution in [1.82, 2.24) is 9.97 Å². The number of nitrogens with zero attached hydrogens (tertiary/aromatic N) is 2. The minimum absolute atomic E-state index is 0.167. The molecular formula is C33H44N2O3. The first-order valence-electron chi connectivity index (χ1n) is 14.5. The minimum Gasteiger partial charge on any atom is -0.494 e. The van der Waals surface area contributed by atoms with Gasteiger partial charge in [-0.15, -0.1) is 0 Å². The van der Waals surface area contributed by atoms with Crippen LogP contribution in [0, 0.1) is 5.92 Å². The number of carbonyl (C=O) groups is 1. The van der Waals surface area contributed by atoms with Crippen LogP contribution < -0.4 is 9.47 Å². The van der Waals surface area contributed by atoms with Crippen molar-refractivity contribution in [3.05, 3.63) is 60.9 Å². The maximum atomic E-state index is 12.2. The van der Waals surface area contributed by atoms with Crippen LogP contribution in [0.4, 0.5) is 0 Å². The van der Waals surface area contributed by atoms with E-state index < -0.39 is 0 Å². The molecule has 1 atom stereocenters. The van der Waals surface area contributed by atoms with Crippen LogP contribution in [0.15, 0.2) is 60.9 Å². The molecule has 0 radical (unpaired) electrons. The SMILES string of the molecule is CCCCCCOc1ccc(-c2ncc(-c3ccc(OC(=O)CCCCC(C)CCCC)cc3)cn2)cc1. The van der Waals surface area contributed by atoms with Gasteiger partial charge in [-0.05, 0) is 60.7 Å². The lowest BCUT2D eigenvalue weighted by Gasteiger charge is -2.10. The Morgan fingerprint density at radius 2 is 1.34 bits per heavy atom. The standard InChI is InChI=1S/C33H44N2O3/c1-4-6-8-11-23-37-30-19-17-28(18-20-30)33-34-24-29(25-35-33)27-15-21-31(22-16-27)38-32(36)14-10-9-13-26(3)12-7-5-2/h15-22,24-26H,4-14,23H2,1-3H3. The molecule has 0 N–H and O–H groups in total. The Hall–Kier alpha value is -3.21. The number of esters is 1. The first-order chi connectivity index (χ1) is 18.6. The summed E-state index contributed by atoms with van der Waals surface area (Å²) in [6, 6.07) is 15.5. The van der Waals surface area contributed by atoms with E-state index in [2.05, 4.69) is 30.7 Å². The monoisotopic (exact) mass is 516 g/mol. The molecule has 0 saturated carbocycles. The van der Waals surface area contributed by atoms with Gasteiger partial charge in [0, 0.05) is 29.9 Å². The zero-order valence-corrected chi connectivity index (χ0v) is 23.5. The first-order valence-corrected chi connectivity index (χ1v) is 14.5. The van der Waals surface area contributed by atoms with E-state index in [1.54, 1.807) is 0 Å². The number of unbranched alkanes of at least 4 members (excludes halogenated alkanes) is 5. The van der Waals surface area contributed by atoms with Crippen molar-refractivity contribution in [2.24, 2.45) is 5.92 Å². The molecule has 0 aliphatic carbocycles. The maximum Gasteiger partial charge on any atom is 0.311 e. The van der Waals surface area contributed by atoms with Gasteiger partial charge >= 0.3 is 5.97 Å². The summed E-state index contributed by atoms with van der Waals surface area (Å²) >= 11 is 0. The number of ether oxygens (including phenoxy) is 2. The van der Waals surface area contributed by atoms with Gasteiger partial charge in [-0.3, -0.25) is 4.79 Å². The molecule has 1 heterocycles. The number of carbonyl (C=O) groups excluding carboxylic acids is 1. The van der Waals surface area contributed by atoms with Crippen LogP contribution in [-0.2, 0) is 4.79 Å². The van der Waals surface area contributed by atoms with Crippen LogP contribution in [0.25, 0.3) is 22.5 Å². The summed E-state index contributed by atoms with van der Waals surface area (Å²) in [5.74, 6) is 2.69. The van der Waals surface area contributed by atoms with Crippen LogP contribution in [-0.4, -0.2) is 22.5 Å². The molecule has 0 aliphatic heterocycles. The molecule has 38 heavy (non-hydrogen) atoms. The van der Waals surface area contributed by atoms with Crippen LogP contribution in [0.5, 0.6) is 11.5 Å². The average Bonchev–Trinajstić information content (AvgIpc) is 2.95. The molecule has 3 rings (SSSR count). The summed E-state index contributed by atoms with van der Waals surface area (Å²) in [5.41, 5.74) is 2.84. The number of rotatable bonds is 17. The lowest BCUT2D eigenvalue weighted by molar-refractivity contribution is -0.134. The second-order valence-corrected chi connectivity index (χ2v) is 10.2. The topological polar surface area (TPSA) is 61.3 Å². The van der Waals surface area contributed by atoms with Gasteiger partial charge in [0.1, 0.15) is 11.5 Å². The second-order valence-electron chi connectivity index (χ2n) is 10.2. The van der Waals surface area contributed by atoms with Gasteiger partial charge in [0.15, 0.2) is 5.82 Å². The van der Waals surface area contributed by atoms with E-state index in [-0.39, 0.29) is 5.97 Å².